The third-order valence-electron chi connectivity index (χ3n) is 9.92. The molecule has 2 aliphatic heterocycles. The average molecular weight is 810 g/mol. The average Bonchev–Trinajstić information content (AvgIpc) is 3.25. The lowest BCUT2D eigenvalue weighted by Crippen LogP contribution is -2.50. The van der Waals surface area contributed by atoms with Crippen LogP contribution in [-0.2, 0) is 4.74 Å². The number of nitrogens with one attached hydrogen (secondary N) is 2. The van der Waals surface area contributed by atoms with E-state index in [4.69, 9.17) is 0 Å². The summed E-state index contributed by atoms with van der Waals surface area (Å²) >= 11 is 0. The zero-order valence-electron chi connectivity index (χ0n) is 42.1. The minimum atomic E-state index is 0.542. The standard InChI is InChI=1S/C28H45N5.C8H10.C6H14.C2H6O.4C2H6/c1-4-13-29-14-5-6-15-30-24-9-16-32(17-10-24)25-11-18-33(19-12-25)28-23(3)21-31-27-8-7-22(2)20-26(27)28;1-7-3-5-8(2)6-4-7;1-5-6(2,3)4;1-3-2;4*1-2/h7-8,20-21,24-25,29-30H,4-6,9-19H2,1-3H3;3-6H,1-2H3;5H2,1-4H3;1-2H3;4*1-2H3. The Morgan fingerprint density at radius 1 is 0.672 bits per heavy atom. The van der Waals surface area contributed by atoms with Crippen LogP contribution in [0.1, 0.15) is 164 Å². The molecule has 6 heteroatoms. The minimum absolute atomic E-state index is 0.542. The van der Waals surface area contributed by atoms with Crippen LogP contribution >= 0.6 is 0 Å². The van der Waals surface area contributed by atoms with Gasteiger partial charge in [0.25, 0.3) is 0 Å². The Hall–Kier alpha value is -2.51. The molecule has 2 fully saturated rings. The number of fused-ring (bicyclic) bond motifs is 1. The molecule has 338 valence electrons. The highest BCUT2D eigenvalue weighted by atomic mass is 16.4. The van der Waals surface area contributed by atoms with Crippen LogP contribution in [0.3, 0.4) is 0 Å². The predicted molar refractivity (Wildman–Crippen MR) is 265 cm³/mol. The van der Waals surface area contributed by atoms with Crippen molar-refractivity contribution in [3.05, 3.63) is 70.9 Å². The number of hydrogen-bond donors (Lipinski definition) is 2. The van der Waals surface area contributed by atoms with E-state index in [9.17, 15) is 0 Å². The van der Waals surface area contributed by atoms with E-state index in [2.05, 4.69) is 141 Å². The van der Waals surface area contributed by atoms with Gasteiger partial charge in [0.1, 0.15) is 0 Å². The summed E-state index contributed by atoms with van der Waals surface area (Å²) in [6, 6.07) is 16.6. The third-order valence-corrected chi connectivity index (χ3v) is 9.92. The van der Waals surface area contributed by atoms with Crippen molar-refractivity contribution < 1.29 is 4.74 Å². The largest absolute Gasteiger partial charge is 0.388 e. The Labute approximate surface area is 363 Å². The van der Waals surface area contributed by atoms with Gasteiger partial charge in [-0.3, -0.25) is 4.98 Å². The minimum Gasteiger partial charge on any atom is -0.388 e. The fourth-order valence-corrected chi connectivity index (χ4v) is 6.36. The van der Waals surface area contributed by atoms with Gasteiger partial charge in [-0.25, -0.2) is 0 Å². The second kappa shape index (κ2) is 38.7. The normalized spacial score (nSPS) is 14.0. The smallest absolute Gasteiger partial charge is 0.0723 e. The molecule has 5 rings (SSSR count). The maximum atomic E-state index is 4.67. The SMILES string of the molecule is CC.CC.CC.CC.CCC(C)(C)C.CCCNCCCCNC1CCN(C2CCN(c3c(C)cnc4ccc(C)cc34)CC2)CC1.COC.Cc1ccc(C)cc1. The number of piperidine rings is 2. The highest BCUT2D eigenvalue weighted by molar-refractivity contribution is 5.93. The van der Waals surface area contributed by atoms with Crippen molar-refractivity contribution in [1.82, 2.24) is 20.5 Å². The maximum Gasteiger partial charge on any atom is 0.0723 e. The molecule has 2 aliphatic rings. The third kappa shape index (κ3) is 27.3. The molecule has 0 spiro atoms. The molecule has 0 aliphatic carbocycles. The Bertz CT molecular complexity index is 1280. The molecule has 2 aromatic carbocycles. The van der Waals surface area contributed by atoms with Crippen molar-refractivity contribution in [3.63, 3.8) is 0 Å². The summed E-state index contributed by atoms with van der Waals surface area (Å²) in [6.07, 6.45) is 12.3. The van der Waals surface area contributed by atoms with Gasteiger partial charge in [0.2, 0.25) is 0 Å². The molecule has 0 bridgehead atoms. The van der Waals surface area contributed by atoms with Gasteiger partial charge in [-0.15, -0.1) is 0 Å². The molecule has 3 aromatic rings. The Morgan fingerprint density at radius 2 is 1.14 bits per heavy atom. The fourth-order valence-electron chi connectivity index (χ4n) is 6.36. The second-order valence-electron chi connectivity index (χ2n) is 15.7. The van der Waals surface area contributed by atoms with Crippen LogP contribution in [0.2, 0.25) is 0 Å². The number of unbranched alkanes of at least 4 members (excludes halogenated alkanes) is 1. The van der Waals surface area contributed by atoms with Crippen molar-refractivity contribution in [2.75, 3.05) is 64.9 Å². The summed E-state index contributed by atoms with van der Waals surface area (Å²) in [7, 11) is 3.25. The first-order valence-electron chi connectivity index (χ1n) is 23.6. The second-order valence-corrected chi connectivity index (χ2v) is 15.7. The van der Waals surface area contributed by atoms with E-state index in [0.29, 0.717) is 5.41 Å². The van der Waals surface area contributed by atoms with Gasteiger partial charge in [0.15, 0.2) is 0 Å². The Balaban J connectivity index is -0.000000992. The monoisotopic (exact) mass is 810 g/mol. The molecule has 0 unspecified atom stereocenters. The van der Waals surface area contributed by atoms with Gasteiger partial charge in [-0.1, -0.05) is 143 Å². The fraction of sp³-hybridized carbons (Fsp3) is 0.712. The lowest BCUT2D eigenvalue weighted by Gasteiger charge is -2.43. The number of anilines is 1. The van der Waals surface area contributed by atoms with E-state index < -0.39 is 0 Å². The number of ether oxygens (including phenoxy) is 1. The number of aromatic nitrogens is 1. The molecule has 0 saturated carbocycles. The number of benzene rings is 2. The molecule has 0 amide bonds. The van der Waals surface area contributed by atoms with Crippen LogP contribution in [0.4, 0.5) is 5.69 Å². The quantitative estimate of drug-likeness (QED) is 0.199. The molecule has 1 aromatic heterocycles. The summed E-state index contributed by atoms with van der Waals surface area (Å²) in [5.74, 6) is 0. The van der Waals surface area contributed by atoms with Crippen molar-refractivity contribution in [2.45, 2.75) is 181 Å². The summed E-state index contributed by atoms with van der Waals surface area (Å²) in [6.45, 7) is 44.1. The molecule has 2 N–H and O–H groups in total. The topological polar surface area (TPSA) is 52.7 Å². The van der Waals surface area contributed by atoms with Crippen LogP contribution in [-0.4, -0.2) is 82.0 Å². The lowest BCUT2D eigenvalue weighted by molar-refractivity contribution is 0.125. The van der Waals surface area contributed by atoms with Crippen LogP contribution in [0.25, 0.3) is 10.9 Å². The van der Waals surface area contributed by atoms with E-state index in [1.165, 1.54) is 111 Å². The van der Waals surface area contributed by atoms with Gasteiger partial charge < -0.3 is 25.2 Å². The summed E-state index contributed by atoms with van der Waals surface area (Å²) < 4.78 is 4.25. The van der Waals surface area contributed by atoms with Crippen LogP contribution in [0, 0.1) is 33.1 Å². The number of pyridine rings is 1. The molecule has 2 saturated heterocycles. The van der Waals surface area contributed by atoms with Crippen LogP contribution in [0.15, 0.2) is 48.7 Å². The molecule has 58 heavy (non-hydrogen) atoms. The number of nitrogens with zero attached hydrogens (tertiary/aromatic N) is 3. The van der Waals surface area contributed by atoms with Crippen molar-refractivity contribution >= 4 is 16.6 Å². The number of hydrogen-bond acceptors (Lipinski definition) is 6. The van der Waals surface area contributed by atoms with E-state index in [1.54, 1.807) is 14.2 Å². The summed E-state index contributed by atoms with van der Waals surface area (Å²) in [5, 5.41) is 8.65. The van der Waals surface area contributed by atoms with E-state index >= 15 is 0 Å². The van der Waals surface area contributed by atoms with Crippen LogP contribution in [0.5, 0.6) is 0 Å². The Morgan fingerprint density at radius 3 is 1.60 bits per heavy atom. The highest BCUT2D eigenvalue weighted by Gasteiger charge is 2.29. The molecule has 0 radical (unpaired) electrons. The maximum absolute atomic E-state index is 4.67. The number of rotatable bonds is 10. The van der Waals surface area contributed by atoms with E-state index in [1.807, 2.05) is 55.4 Å². The van der Waals surface area contributed by atoms with Crippen molar-refractivity contribution in [3.8, 4) is 0 Å². The van der Waals surface area contributed by atoms with Crippen LogP contribution < -0.4 is 15.5 Å². The summed E-state index contributed by atoms with van der Waals surface area (Å²) in [5.41, 5.74) is 8.35. The first-order chi connectivity index (χ1) is 27.9. The number of aryl methyl sites for hydroxylation is 4. The first-order valence-corrected chi connectivity index (χ1v) is 23.6. The first kappa shape index (κ1) is 59.8. The highest BCUT2D eigenvalue weighted by Crippen LogP contribution is 2.33. The van der Waals surface area contributed by atoms with Gasteiger partial charge in [-0.2, -0.15) is 0 Å². The van der Waals surface area contributed by atoms with E-state index in [-0.39, 0.29) is 0 Å². The van der Waals surface area contributed by atoms with Crippen molar-refractivity contribution in [2.24, 2.45) is 5.41 Å². The zero-order chi connectivity index (χ0) is 44.9. The van der Waals surface area contributed by atoms with E-state index in [0.717, 1.165) is 37.2 Å². The lowest BCUT2D eigenvalue weighted by atomic mass is 9.94. The molecule has 3 heterocycles. The Kier molecular flexibility index (Phi) is 39.9. The molecular weight excluding hydrogens is 711 g/mol. The molecule has 6 nitrogen and oxygen atoms in total. The predicted octanol–water partition coefficient (Wildman–Crippen LogP) is 13.8. The van der Waals surface area contributed by atoms with Gasteiger partial charge in [-0.05, 0) is 128 Å². The number of likely N-dealkylation sites (tertiary alicyclic amines) is 1. The molecule has 0 atom stereocenters. The van der Waals surface area contributed by atoms with Gasteiger partial charge in [0.05, 0.1) is 11.2 Å². The zero-order valence-corrected chi connectivity index (χ0v) is 42.1. The van der Waals surface area contributed by atoms with Gasteiger partial charge >= 0.3 is 0 Å². The van der Waals surface area contributed by atoms with Gasteiger partial charge in [0, 0.05) is 51.0 Å². The van der Waals surface area contributed by atoms with Crippen molar-refractivity contribution in [1.29, 1.82) is 0 Å². The molecular formula is C52H99N5O. The number of methoxy groups -OCH3 is 1. The summed E-state index contributed by atoms with van der Waals surface area (Å²) in [4.78, 5) is 10.1.